The first-order valence-electron chi connectivity index (χ1n) is 11.7. The zero-order chi connectivity index (χ0) is 21.0. The third-order valence-electron chi connectivity index (χ3n) is 8.03. The molecule has 4 heteroatoms. The second-order valence-electron chi connectivity index (χ2n) is 9.33. The molecule has 0 amide bonds. The van der Waals surface area contributed by atoms with E-state index >= 15 is 0 Å². The summed E-state index contributed by atoms with van der Waals surface area (Å²) in [6.07, 6.45) is 9.41. The van der Waals surface area contributed by atoms with Crippen molar-refractivity contribution in [3.05, 3.63) is 11.6 Å². The Morgan fingerprint density at radius 3 is 2.74 bits per heavy atom. The first-order valence-corrected chi connectivity index (χ1v) is 10.6. The molecule has 0 heterocycles. The largest absolute Gasteiger partial charge is 0.465 e. The summed E-state index contributed by atoms with van der Waals surface area (Å²) in [4.78, 5) is 23.4. The fourth-order valence-electron chi connectivity index (χ4n) is 6.90. The van der Waals surface area contributed by atoms with Gasteiger partial charge >= 0.3 is 11.9 Å². The van der Waals surface area contributed by atoms with Crippen LogP contribution in [-0.2, 0) is 19.1 Å². The number of hydrogen-bond donors (Lipinski definition) is 0. The van der Waals surface area contributed by atoms with Crippen molar-refractivity contribution in [3.8, 4) is 0 Å². The van der Waals surface area contributed by atoms with Crippen LogP contribution >= 0.6 is 0 Å². The number of carbonyl (C=O) groups excluding carboxylic acids is 2. The van der Waals surface area contributed by atoms with Gasteiger partial charge in [0.05, 0.1) is 2.74 Å². The summed E-state index contributed by atoms with van der Waals surface area (Å²) in [5.74, 6) is 0.177. The van der Waals surface area contributed by atoms with E-state index in [1.165, 1.54) is 19.4 Å². The maximum atomic E-state index is 11.7. The summed E-state index contributed by atoms with van der Waals surface area (Å²) in [6, 6.07) is 0. The molecule has 3 saturated carbocycles. The standard InChI is InChI=1S/C23H34O4/c1-15(24)26-14-23-12-5-4-6-17(23)7-8-18-19-9-10-21(27-16(2)25)22(19,3)13-11-20(18)23/h7,18-21H,4-6,8-14H2,1-3H3/t18-,19-,20-,21-,22-,23+/m0/s1/i14D,21D/t14-,18-,19-,20-,21-,22-,23+. The van der Waals surface area contributed by atoms with E-state index in [-0.39, 0.29) is 22.8 Å². The summed E-state index contributed by atoms with van der Waals surface area (Å²) in [6.45, 7) is 4.06. The summed E-state index contributed by atoms with van der Waals surface area (Å²) in [7, 11) is 0. The van der Waals surface area contributed by atoms with Crippen LogP contribution in [0, 0.1) is 28.6 Å². The molecule has 0 unspecified atom stereocenters. The van der Waals surface area contributed by atoms with Gasteiger partial charge in [-0.25, -0.2) is 0 Å². The molecule has 150 valence electrons. The Morgan fingerprint density at radius 1 is 1.19 bits per heavy atom. The Bertz CT molecular complexity index is 736. The zero-order valence-electron chi connectivity index (χ0n) is 18.9. The number of allylic oxidation sites excluding steroid dienone is 1. The number of hydrogen-bond acceptors (Lipinski definition) is 4. The van der Waals surface area contributed by atoms with Gasteiger partial charge in [-0.2, -0.15) is 0 Å². The average Bonchev–Trinajstić information content (AvgIpc) is 2.91. The number of fused-ring (bicyclic) bond motifs is 5. The number of ether oxygens (including phenoxy) is 2. The van der Waals surface area contributed by atoms with E-state index in [0.29, 0.717) is 24.2 Å². The fraction of sp³-hybridized carbons (Fsp3) is 0.826. The van der Waals surface area contributed by atoms with Crippen molar-refractivity contribution in [2.24, 2.45) is 28.6 Å². The van der Waals surface area contributed by atoms with E-state index in [9.17, 15) is 9.59 Å². The van der Waals surface area contributed by atoms with E-state index < -0.39 is 12.7 Å². The van der Waals surface area contributed by atoms with Gasteiger partial charge < -0.3 is 9.47 Å². The topological polar surface area (TPSA) is 52.6 Å². The molecule has 0 N–H and O–H groups in total. The van der Waals surface area contributed by atoms with Gasteiger partial charge in [0, 0.05) is 24.7 Å². The minimum absolute atomic E-state index is 0.291. The molecule has 4 rings (SSSR count). The molecule has 4 aliphatic carbocycles. The molecule has 4 aliphatic rings. The predicted molar refractivity (Wildman–Crippen MR) is 103 cm³/mol. The fourth-order valence-corrected chi connectivity index (χ4v) is 6.90. The molecular weight excluding hydrogens is 340 g/mol. The molecule has 4 nitrogen and oxygen atoms in total. The zero-order valence-corrected chi connectivity index (χ0v) is 16.9. The van der Waals surface area contributed by atoms with Crippen LogP contribution in [0.25, 0.3) is 0 Å². The Kier molecular flexibility index (Phi) is 4.27. The van der Waals surface area contributed by atoms with Crippen LogP contribution in [0.5, 0.6) is 0 Å². The van der Waals surface area contributed by atoms with Gasteiger partial charge in [-0.05, 0) is 69.1 Å². The molecule has 0 saturated heterocycles. The number of esters is 2. The van der Waals surface area contributed by atoms with Gasteiger partial charge in [-0.1, -0.05) is 25.0 Å². The van der Waals surface area contributed by atoms with Crippen LogP contribution in [0.2, 0.25) is 0 Å². The van der Waals surface area contributed by atoms with Gasteiger partial charge in [-0.3, -0.25) is 9.59 Å². The first kappa shape index (κ1) is 16.6. The van der Waals surface area contributed by atoms with E-state index in [2.05, 4.69) is 13.0 Å². The van der Waals surface area contributed by atoms with Crippen molar-refractivity contribution in [3.63, 3.8) is 0 Å². The van der Waals surface area contributed by atoms with Gasteiger partial charge in [0.2, 0.25) is 0 Å². The van der Waals surface area contributed by atoms with Gasteiger partial charge in [0.1, 0.15) is 12.7 Å². The maximum absolute atomic E-state index is 11.7. The van der Waals surface area contributed by atoms with Crippen LogP contribution in [0.1, 0.15) is 81.3 Å². The van der Waals surface area contributed by atoms with E-state index in [0.717, 1.165) is 51.4 Å². The van der Waals surface area contributed by atoms with Gasteiger partial charge in [-0.15, -0.1) is 0 Å². The first-order chi connectivity index (χ1) is 13.6. The van der Waals surface area contributed by atoms with Crippen LogP contribution < -0.4 is 0 Å². The molecule has 0 radical (unpaired) electrons. The number of carbonyl (C=O) groups is 2. The minimum atomic E-state index is -1.16. The lowest BCUT2D eigenvalue weighted by atomic mass is 9.47. The lowest BCUT2D eigenvalue weighted by molar-refractivity contribution is -0.158. The average molecular weight is 377 g/mol. The van der Waals surface area contributed by atoms with Gasteiger partial charge in [0.25, 0.3) is 0 Å². The lowest BCUT2D eigenvalue weighted by Crippen LogP contribution is -2.53. The highest BCUT2D eigenvalue weighted by Gasteiger charge is 2.60. The molecule has 0 aliphatic heterocycles. The molecule has 3 fully saturated rings. The van der Waals surface area contributed by atoms with Gasteiger partial charge in [0.15, 0.2) is 0 Å². The Hall–Kier alpha value is -1.32. The summed E-state index contributed by atoms with van der Waals surface area (Å²) >= 11 is 0. The molecule has 0 aromatic carbocycles. The van der Waals surface area contributed by atoms with Crippen LogP contribution in [0.4, 0.5) is 0 Å². The molecule has 27 heavy (non-hydrogen) atoms. The summed E-state index contributed by atoms with van der Waals surface area (Å²) < 4.78 is 28.9. The molecule has 0 bridgehead atoms. The Labute approximate surface area is 165 Å². The maximum Gasteiger partial charge on any atom is 0.302 e. The van der Waals surface area contributed by atoms with E-state index in [1.54, 1.807) is 0 Å². The number of rotatable bonds is 3. The smallest absolute Gasteiger partial charge is 0.302 e. The monoisotopic (exact) mass is 376 g/mol. The third-order valence-corrected chi connectivity index (χ3v) is 8.03. The lowest BCUT2D eigenvalue weighted by Gasteiger charge is -2.58. The van der Waals surface area contributed by atoms with Crippen molar-refractivity contribution >= 4 is 11.9 Å². The van der Waals surface area contributed by atoms with E-state index in [4.69, 9.17) is 12.2 Å². The van der Waals surface area contributed by atoms with Crippen molar-refractivity contribution in [2.75, 3.05) is 6.58 Å². The Balaban J connectivity index is 1.70. The van der Waals surface area contributed by atoms with Crippen molar-refractivity contribution in [1.82, 2.24) is 0 Å². The SMILES string of the molecule is [2H][C@H](OC(C)=O)[C@]12CCCCC1=CC[C@@H]1[C@@H]2CC[C@@]2(C)[C@H]1CC[C@]2([2H])OC(C)=O. The molecule has 7 atom stereocenters. The van der Waals surface area contributed by atoms with Crippen LogP contribution in [0.15, 0.2) is 11.6 Å². The molecule has 0 aromatic heterocycles. The second kappa shape index (κ2) is 6.93. The molecule has 0 spiro atoms. The highest BCUT2D eigenvalue weighted by Crippen LogP contribution is 2.65. The minimum Gasteiger partial charge on any atom is -0.465 e. The van der Waals surface area contributed by atoms with Crippen molar-refractivity contribution in [1.29, 1.82) is 0 Å². The van der Waals surface area contributed by atoms with Crippen LogP contribution in [-0.4, -0.2) is 24.6 Å². The quantitative estimate of drug-likeness (QED) is 0.524. The highest BCUT2D eigenvalue weighted by atomic mass is 16.5. The second-order valence-corrected chi connectivity index (χ2v) is 9.33. The van der Waals surface area contributed by atoms with E-state index in [1.807, 2.05) is 0 Å². The molecule has 0 aromatic rings. The van der Waals surface area contributed by atoms with Crippen LogP contribution in [0.3, 0.4) is 0 Å². The Morgan fingerprint density at radius 2 is 2.00 bits per heavy atom. The summed E-state index contributed by atoms with van der Waals surface area (Å²) in [5, 5.41) is 0. The highest BCUT2D eigenvalue weighted by molar-refractivity contribution is 5.66. The third kappa shape index (κ3) is 3.03. The van der Waals surface area contributed by atoms with Crippen molar-refractivity contribution < 1.29 is 21.8 Å². The predicted octanol–water partition coefficient (Wildman–Crippen LogP) is 4.81. The normalized spacial score (nSPS) is 48.0. The van der Waals surface area contributed by atoms with Crippen molar-refractivity contribution in [2.45, 2.75) is 84.6 Å². The molecular formula is C23H34O4. The summed E-state index contributed by atoms with van der Waals surface area (Å²) in [5.41, 5.74) is 0.577.